The van der Waals surface area contributed by atoms with Gasteiger partial charge < -0.3 is 9.73 Å². The maximum absolute atomic E-state index is 11.4. The molecule has 3 aromatic rings. The van der Waals surface area contributed by atoms with Gasteiger partial charge in [0.15, 0.2) is 17.1 Å². The fourth-order valence-corrected chi connectivity index (χ4v) is 1.85. The fraction of sp³-hybridized carbons (Fsp3) is 0.0769. The van der Waals surface area contributed by atoms with Crippen LogP contribution in [-0.2, 0) is 7.05 Å². The molecule has 0 amide bonds. The lowest BCUT2D eigenvalue weighted by molar-refractivity contribution is 0.528. The Labute approximate surface area is 113 Å². The van der Waals surface area contributed by atoms with Crippen LogP contribution in [0.15, 0.2) is 39.8 Å². The number of fused-ring (bicyclic) bond motifs is 1. The summed E-state index contributed by atoms with van der Waals surface area (Å²) in [5.74, 6) is -0.0581. The number of aryl methyl sites for hydroxylation is 1. The van der Waals surface area contributed by atoms with Gasteiger partial charge >= 0.3 is 5.76 Å². The Morgan fingerprint density at radius 3 is 2.95 bits per heavy atom. The van der Waals surface area contributed by atoms with Crippen LogP contribution < -0.4 is 11.1 Å². The van der Waals surface area contributed by atoms with Crippen molar-refractivity contribution in [1.82, 2.24) is 14.5 Å². The molecule has 1 aromatic carbocycles. The first-order valence-corrected chi connectivity index (χ1v) is 5.77. The number of hydrogen-bond acceptors (Lipinski definition) is 6. The molecule has 0 atom stereocenters. The second-order valence-corrected chi connectivity index (χ2v) is 4.10. The van der Waals surface area contributed by atoms with Crippen molar-refractivity contribution in [3.63, 3.8) is 0 Å². The number of benzene rings is 1. The average Bonchev–Trinajstić information content (AvgIpc) is 2.75. The van der Waals surface area contributed by atoms with Gasteiger partial charge in [0, 0.05) is 25.1 Å². The number of nitrogens with one attached hydrogen (secondary N) is 1. The summed E-state index contributed by atoms with van der Waals surface area (Å²) >= 11 is 0. The van der Waals surface area contributed by atoms with E-state index in [0.717, 1.165) is 0 Å². The Kier molecular flexibility index (Phi) is 2.69. The second kappa shape index (κ2) is 4.51. The van der Waals surface area contributed by atoms with Crippen molar-refractivity contribution in [1.29, 1.82) is 5.26 Å². The first-order valence-electron chi connectivity index (χ1n) is 5.77. The predicted octanol–water partition coefficient (Wildman–Crippen LogP) is 1.54. The molecule has 1 N–H and O–H groups in total. The lowest BCUT2D eigenvalue weighted by atomic mass is 10.2. The quantitative estimate of drug-likeness (QED) is 0.756. The summed E-state index contributed by atoms with van der Waals surface area (Å²) in [6.07, 6.45) is 2.95. The second-order valence-electron chi connectivity index (χ2n) is 4.10. The van der Waals surface area contributed by atoms with Crippen molar-refractivity contribution in [2.75, 3.05) is 5.32 Å². The summed E-state index contributed by atoms with van der Waals surface area (Å²) in [5, 5.41) is 12.0. The summed E-state index contributed by atoms with van der Waals surface area (Å²) in [4.78, 5) is 19.4. The number of anilines is 2. The highest BCUT2D eigenvalue weighted by Gasteiger charge is 2.08. The van der Waals surface area contributed by atoms with Gasteiger partial charge in [0.1, 0.15) is 6.07 Å². The third kappa shape index (κ3) is 1.89. The predicted molar refractivity (Wildman–Crippen MR) is 71.5 cm³/mol. The van der Waals surface area contributed by atoms with E-state index in [4.69, 9.17) is 9.68 Å². The van der Waals surface area contributed by atoms with E-state index >= 15 is 0 Å². The van der Waals surface area contributed by atoms with E-state index in [0.29, 0.717) is 22.6 Å². The van der Waals surface area contributed by atoms with Crippen LogP contribution in [0.2, 0.25) is 0 Å². The van der Waals surface area contributed by atoms with Gasteiger partial charge in [-0.1, -0.05) is 0 Å². The van der Waals surface area contributed by atoms with E-state index in [2.05, 4.69) is 15.3 Å². The van der Waals surface area contributed by atoms with E-state index in [1.54, 1.807) is 25.2 Å². The smallest absolute Gasteiger partial charge is 0.408 e. The summed E-state index contributed by atoms with van der Waals surface area (Å²) < 4.78 is 6.45. The highest BCUT2D eigenvalue weighted by molar-refractivity contribution is 5.79. The summed E-state index contributed by atoms with van der Waals surface area (Å²) in [5.41, 5.74) is 2.05. The number of rotatable bonds is 2. The molecular formula is C13H9N5O2. The zero-order valence-electron chi connectivity index (χ0n) is 10.5. The summed E-state index contributed by atoms with van der Waals surface area (Å²) in [6, 6.07) is 7.12. The van der Waals surface area contributed by atoms with Crippen LogP contribution in [0.4, 0.5) is 11.5 Å². The molecule has 0 aliphatic carbocycles. The van der Waals surface area contributed by atoms with Gasteiger partial charge in [-0.15, -0.1) is 0 Å². The van der Waals surface area contributed by atoms with E-state index < -0.39 is 5.76 Å². The third-order valence-corrected chi connectivity index (χ3v) is 2.86. The maximum atomic E-state index is 11.4. The topological polar surface area (TPSA) is 96.7 Å². The SMILES string of the molecule is Cn1c(=O)oc2ccc(Nc3nccnc3C#N)cc21. The van der Waals surface area contributed by atoms with E-state index in [9.17, 15) is 4.79 Å². The largest absolute Gasteiger partial charge is 0.419 e. The van der Waals surface area contributed by atoms with Crippen LogP contribution >= 0.6 is 0 Å². The molecule has 2 heterocycles. The van der Waals surface area contributed by atoms with Crippen LogP contribution in [0.1, 0.15) is 5.69 Å². The minimum atomic E-state index is -0.422. The van der Waals surface area contributed by atoms with Crippen LogP contribution in [0.5, 0.6) is 0 Å². The Morgan fingerprint density at radius 1 is 1.35 bits per heavy atom. The molecule has 7 heteroatoms. The number of oxazole rings is 1. The minimum absolute atomic E-state index is 0.202. The van der Waals surface area contributed by atoms with Gasteiger partial charge in [-0.2, -0.15) is 5.26 Å². The molecule has 0 unspecified atom stereocenters. The first kappa shape index (κ1) is 11.9. The zero-order chi connectivity index (χ0) is 14.1. The van der Waals surface area contributed by atoms with Crippen molar-refractivity contribution < 1.29 is 4.42 Å². The van der Waals surface area contributed by atoms with Gasteiger partial charge in [-0.25, -0.2) is 14.8 Å². The molecule has 20 heavy (non-hydrogen) atoms. The van der Waals surface area contributed by atoms with Crippen molar-refractivity contribution in [3.8, 4) is 6.07 Å². The number of nitrogens with zero attached hydrogens (tertiary/aromatic N) is 4. The maximum Gasteiger partial charge on any atom is 0.419 e. The summed E-state index contributed by atoms with van der Waals surface area (Å²) in [7, 11) is 1.63. The third-order valence-electron chi connectivity index (χ3n) is 2.86. The molecule has 98 valence electrons. The highest BCUT2D eigenvalue weighted by Crippen LogP contribution is 2.21. The molecular weight excluding hydrogens is 258 g/mol. The monoisotopic (exact) mass is 267 g/mol. The van der Waals surface area contributed by atoms with Crippen molar-refractivity contribution >= 4 is 22.6 Å². The Hall–Kier alpha value is -3.14. The van der Waals surface area contributed by atoms with Gasteiger partial charge in [0.05, 0.1) is 5.52 Å². The van der Waals surface area contributed by atoms with Crippen molar-refractivity contribution in [2.45, 2.75) is 0 Å². The number of aromatic nitrogens is 3. The lowest BCUT2D eigenvalue weighted by Crippen LogP contribution is -2.08. The van der Waals surface area contributed by atoms with E-state index in [1.165, 1.54) is 17.0 Å². The molecule has 0 radical (unpaired) electrons. The molecule has 2 aromatic heterocycles. The Balaban J connectivity index is 2.05. The van der Waals surface area contributed by atoms with Gasteiger partial charge in [-0.05, 0) is 18.2 Å². The Bertz CT molecular complexity index is 888. The Morgan fingerprint density at radius 2 is 2.15 bits per heavy atom. The standard InChI is InChI=1S/C13H9N5O2/c1-18-10-6-8(2-3-11(10)20-13(18)19)17-12-9(7-14)15-4-5-16-12/h2-6H,1H3,(H,16,17). The minimum Gasteiger partial charge on any atom is -0.408 e. The number of nitriles is 1. The molecule has 0 saturated heterocycles. The lowest BCUT2D eigenvalue weighted by Gasteiger charge is -2.06. The molecule has 0 spiro atoms. The van der Waals surface area contributed by atoms with E-state index in [-0.39, 0.29) is 5.69 Å². The highest BCUT2D eigenvalue weighted by atomic mass is 16.4. The normalized spacial score (nSPS) is 10.4. The van der Waals surface area contributed by atoms with Crippen LogP contribution in [-0.4, -0.2) is 14.5 Å². The molecule has 3 rings (SSSR count). The average molecular weight is 267 g/mol. The van der Waals surface area contributed by atoms with Crippen molar-refractivity contribution in [2.24, 2.45) is 7.05 Å². The van der Waals surface area contributed by atoms with Crippen LogP contribution in [0.3, 0.4) is 0 Å². The van der Waals surface area contributed by atoms with Gasteiger partial charge in [0.25, 0.3) is 0 Å². The molecule has 0 saturated carbocycles. The molecule has 0 bridgehead atoms. The number of hydrogen-bond donors (Lipinski definition) is 1. The zero-order valence-corrected chi connectivity index (χ0v) is 10.5. The van der Waals surface area contributed by atoms with Crippen LogP contribution in [0, 0.1) is 11.3 Å². The fourth-order valence-electron chi connectivity index (χ4n) is 1.85. The molecule has 0 fully saturated rings. The molecule has 0 aliphatic heterocycles. The van der Waals surface area contributed by atoms with Gasteiger partial charge in [-0.3, -0.25) is 4.57 Å². The molecule has 0 aliphatic rings. The summed E-state index contributed by atoms with van der Waals surface area (Å²) in [6.45, 7) is 0. The first-order chi connectivity index (χ1) is 9.69. The van der Waals surface area contributed by atoms with Crippen molar-refractivity contribution in [3.05, 3.63) is 46.8 Å². The van der Waals surface area contributed by atoms with Gasteiger partial charge in [0.2, 0.25) is 0 Å². The van der Waals surface area contributed by atoms with E-state index in [1.807, 2.05) is 6.07 Å². The molecule has 7 nitrogen and oxygen atoms in total. The van der Waals surface area contributed by atoms with Crippen LogP contribution in [0.25, 0.3) is 11.1 Å².